The van der Waals surface area contributed by atoms with Crippen LogP contribution in [0.1, 0.15) is 40.2 Å². The second-order valence-electron chi connectivity index (χ2n) is 4.61. The molecule has 4 nitrogen and oxygen atoms in total. The maximum absolute atomic E-state index is 12.1. The van der Waals surface area contributed by atoms with Gasteiger partial charge in [0, 0.05) is 24.5 Å². The van der Waals surface area contributed by atoms with E-state index in [1.54, 1.807) is 17.0 Å². The van der Waals surface area contributed by atoms with E-state index in [0.717, 1.165) is 17.9 Å². The molecule has 0 radical (unpaired) electrons. The molecule has 0 saturated carbocycles. The second kappa shape index (κ2) is 7.46. The number of hydrogen-bond acceptors (Lipinski definition) is 4. The zero-order valence-electron chi connectivity index (χ0n) is 11.6. The Kier molecular flexibility index (Phi) is 6.25. The Balaban J connectivity index is 2.67. The molecule has 0 spiro atoms. The van der Waals surface area contributed by atoms with E-state index in [1.165, 1.54) is 0 Å². The summed E-state index contributed by atoms with van der Waals surface area (Å²) in [7, 11) is 0. The number of nitrogens with zero attached hydrogens (tertiary/aromatic N) is 2. The zero-order valence-corrected chi connectivity index (χ0v) is 12.5. The predicted molar refractivity (Wildman–Crippen MR) is 79.6 cm³/mol. The number of anilines is 1. The highest BCUT2D eigenvalue weighted by Gasteiger charge is 2.09. The Hall–Kier alpha value is -0.970. The Morgan fingerprint density at radius 2 is 2.17 bits per heavy atom. The topological polar surface area (TPSA) is 46.9 Å². The molecular formula is C13H23N3OS. The molecule has 1 aromatic heterocycles. The molecule has 0 fully saturated rings. The molecule has 0 saturated heterocycles. The Labute approximate surface area is 113 Å². The molecule has 1 unspecified atom stereocenters. The molecule has 18 heavy (non-hydrogen) atoms. The summed E-state index contributed by atoms with van der Waals surface area (Å²) in [6.45, 7) is 8.23. The minimum Gasteiger partial charge on any atom is -0.363 e. The van der Waals surface area contributed by atoms with Gasteiger partial charge in [0.1, 0.15) is 0 Å². The highest BCUT2D eigenvalue weighted by Crippen LogP contribution is 2.07. The Morgan fingerprint density at radius 1 is 1.44 bits per heavy atom. The molecule has 0 aromatic carbocycles. The highest BCUT2D eigenvalue weighted by molar-refractivity contribution is 7.99. The van der Waals surface area contributed by atoms with Gasteiger partial charge in [0.25, 0.3) is 5.56 Å². The van der Waals surface area contributed by atoms with E-state index in [4.69, 9.17) is 0 Å². The second-order valence-corrected chi connectivity index (χ2v) is 6.01. The lowest BCUT2D eigenvalue weighted by atomic mass is 10.2. The summed E-state index contributed by atoms with van der Waals surface area (Å²) in [6.07, 6.45) is 4.45. The lowest BCUT2D eigenvalue weighted by molar-refractivity contribution is 0.574. The van der Waals surface area contributed by atoms with Crippen molar-refractivity contribution in [2.75, 3.05) is 16.8 Å². The van der Waals surface area contributed by atoms with E-state index in [2.05, 4.69) is 24.1 Å². The smallest absolute Gasteiger partial charge is 0.293 e. The van der Waals surface area contributed by atoms with Crippen LogP contribution in [-0.2, 0) is 0 Å². The van der Waals surface area contributed by atoms with Gasteiger partial charge in [-0.05, 0) is 38.7 Å². The van der Waals surface area contributed by atoms with E-state index in [0.29, 0.717) is 5.82 Å². The molecule has 1 aromatic rings. The van der Waals surface area contributed by atoms with Crippen molar-refractivity contribution in [3.63, 3.8) is 0 Å². The quantitative estimate of drug-likeness (QED) is 0.773. The van der Waals surface area contributed by atoms with Crippen LogP contribution in [0.25, 0.3) is 0 Å². The predicted octanol–water partition coefficient (Wildman–Crippen LogP) is 2.77. The molecule has 0 amide bonds. The summed E-state index contributed by atoms with van der Waals surface area (Å²) in [5.41, 5.74) is -0.0394. The number of aromatic nitrogens is 2. The fourth-order valence-electron chi connectivity index (χ4n) is 1.64. The first-order valence-electron chi connectivity index (χ1n) is 6.47. The van der Waals surface area contributed by atoms with Gasteiger partial charge in [-0.25, -0.2) is 4.98 Å². The van der Waals surface area contributed by atoms with Gasteiger partial charge in [0.05, 0.1) is 0 Å². The van der Waals surface area contributed by atoms with E-state index >= 15 is 0 Å². The maximum atomic E-state index is 12.1. The third-order valence-electron chi connectivity index (χ3n) is 2.71. The first-order valence-corrected chi connectivity index (χ1v) is 7.63. The molecular weight excluding hydrogens is 246 g/mol. The van der Waals surface area contributed by atoms with Crippen LogP contribution >= 0.6 is 11.8 Å². The molecule has 102 valence electrons. The summed E-state index contributed by atoms with van der Waals surface area (Å²) in [4.78, 5) is 16.2. The minimum absolute atomic E-state index is 0.0394. The molecule has 1 atom stereocenters. The molecule has 1 N–H and O–H groups in total. The van der Waals surface area contributed by atoms with Crippen LogP contribution in [0.2, 0.25) is 0 Å². The standard InChI is InChI=1S/C13H23N3OS/c1-5-18-9-6-11(4)15-12-13(17)16(10(2)3)8-7-14-12/h7-8,10-11H,5-6,9H2,1-4H3,(H,14,15). The van der Waals surface area contributed by atoms with Crippen molar-refractivity contribution < 1.29 is 0 Å². The summed E-state index contributed by atoms with van der Waals surface area (Å²) in [6, 6.07) is 0.430. The molecule has 0 bridgehead atoms. The van der Waals surface area contributed by atoms with Crippen LogP contribution in [0.3, 0.4) is 0 Å². The van der Waals surface area contributed by atoms with Crippen LogP contribution in [0.4, 0.5) is 5.82 Å². The van der Waals surface area contributed by atoms with E-state index < -0.39 is 0 Å². The van der Waals surface area contributed by atoms with Crippen LogP contribution in [0.5, 0.6) is 0 Å². The van der Waals surface area contributed by atoms with Gasteiger partial charge in [-0.15, -0.1) is 0 Å². The average molecular weight is 269 g/mol. The fraction of sp³-hybridized carbons (Fsp3) is 0.692. The fourth-order valence-corrected chi connectivity index (χ4v) is 2.45. The lowest BCUT2D eigenvalue weighted by Gasteiger charge is -2.15. The first kappa shape index (κ1) is 15.1. The minimum atomic E-state index is -0.0394. The number of thioether (sulfide) groups is 1. The monoisotopic (exact) mass is 269 g/mol. The normalized spacial score (nSPS) is 12.7. The van der Waals surface area contributed by atoms with Gasteiger partial charge >= 0.3 is 0 Å². The summed E-state index contributed by atoms with van der Waals surface area (Å²) in [5.74, 6) is 2.70. The van der Waals surface area contributed by atoms with Crippen LogP contribution in [-0.4, -0.2) is 27.1 Å². The molecule has 0 aliphatic heterocycles. The Bertz CT molecular complexity index is 417. The lowest BCUT2D eigenvalue weighted by Crippen LogP contribution is -2.29. The summed E-state index contributed by atoms with van der Waals surface area (Å²) >= 11 is 1.92. The van der Waals surface area contributed by atoms with Gasteiger partial charge in [-0.2, -0.15) is 11.8 Å². The van der Waals surface area contributed by atoms with Gasteiger partial charge in [0.2, 0.25) is 0 Å². The van der Waals surface area contributed by atoms with Crippen LogP contribution in [0.15, 0.2) is 17.2 Å². The van der Waals surface area contributed by atoms with E-state index in [-0.39, 0.29) is 17.6 Å². The van der Waals surface area contributed by atoms with Gasteiger partial charge in [-0.1, -0.05) is 6.92 Å². The maximum Gasteiger partial charge on any atom is 0.293 e. The highest BCUT2D eigenvalue weighted by atomic mass is 32.2. The SMILES string of the molecule is CCSCCC(C)Nc1nccn(C(C)C)c1=O. The number of rotatable bonds is 7. The van der Waals surface area contributed by atoms with Crippen molar-refractivity contribution in [2.24, 2.45) is 0 Å². The van der Waals surface area contributed by atoms with Crippen molar-refractivity contribution in [3.8, 4) is 0 Å². The van der Waals surface area contributed by atoms with Gasteiger partial charge in [0.15, 0.2) is 5.82 Å². The molecule has 1 heterocycles. The third-order valence-corrected chi connectivity index (χ3v) is 3.64. The van der Waals surface area contributed by atoms with Crippen LogP contribution < -0.4 is 10.9 Å². The van der Waals surface area contributed by atoms with Gasteiger partial charge < -0.3 is 9.88 Å². The Morgan fingerprint density at radius 3 is 2.78 bits per heavy atom. The first-order chi connectivity index (χ1) is 8.56. The van der Waals surface area contributed by atoms with Crippen LogP contribution in [0, 0.1) is 0 Å². The van der Waals surface area contributed by atoms with Crippen molar-refractivity contribution in [1.82, 2.24) is 9.55 Å². The molecule has 1 rings (SSSR count). The molecule has 0 aliphatic carbocycles. The van der Waals surface area contributed by atoms with Crippen molar-refractivity contribution >= 4 is 17.6 Å². The third kappa shape index (κ3) is 4.37. The molecule has 0 aliphatic rings. The van der Waals surface area contributed by atoms with Crippen molar-refractivity contribution in [2.45, 2.75) is 46.2 Å². The largest absolute Gasteiger partial charge is 0.363 e. The van der Waals surface area contributed by atoms with E-state index in [9.17, 15) is 4.79 Å². The number of hydrogen-bond donors (Lipinski definition) is 1. The van der Waals surface area contributed by atoms with Crippen molar-refractivity contribution in [3.05, 3.63) is 22.7 Å². The average Bonchev–Trinajstić information content (AvgIpc) is 2.32. The number of nitrogens with one attached hydrogen (secondary N) is 1. The molecule has 5 heteroatoms. The zero-order chi connectivity index (χ0) is 13.5. The van der Waals surface area contributed by atoms with Gasteiger partial charge in [-0.3, -0.25) is 4.79 Å². The van der Waals surface area contributed by atoms with Crippen molar-refractivity contribution in [1.29, 1.82) is 0 Å². The summed E-state index contributed by atoms with van der Waals surface area (Å²) < 4.78 is 1.70. The van der Waals surface area contributed by atoms with E-state index in [1.807, 2.05) is 25.6 Å². The summed E-state index contributed by atoms with van der Waals surface area (Å²) in [5, 5.41) is 3.21.